The van der Waals surface area contributed by atoms with Crippen molar-refractivity contribution in [1.29, 1.82) is 0 Å². The molecule has 0 saturated carbocycles. The number of hydrogen-bond acceptors (Lipinski definition) is 8. The van der Waals surface area contributed by atoms with Gasteiger partial charge in [0.15, 0.2) is 11.4 Å². The fourth-order valence-electron chi connectivity index (χ4n) is 4.82. The number of carbonyl (C=O) groups excluding carboxylic acids is 1. The molecule has 2 heterocycles. The highest BCUT2D eigenvalue weighted by Crippen LogP contribution is 2.40. The van der Waals surface area contributed by atoms with Gasteiger partial charge in [0.25, 0.3) is 5.56 Å². The Kier molecular flexibility index (Phi) is 8.09. The van der Waals surface area contributed by atoms with Gasteiger partial charge in [-0.2, -0.15) is 0 Å². The number of nitrogens with zero attached hydrogens (tertiary/aromatic N) is 2. The number of rotatable bonds is 8. The van der Waals surface area contributed by atoms with E-state index in [0.717, 1.165) is 10.8 Å². The normalized spacial score (nSPS) is 14.9. The highest BCUT2D eigenvalue weighted by Gasteiger charge is 2.36. The Balaban J connectivity index is 1.73. The molecule has 0 saturated heterocycles. The molecule has 0 fully saturated rings. The summed E-state index contributed by atoms with van der Waals surface area (Å²) in [4.78, 5) is 43.4. The van der Waals surface area contributed by atoms with Crippen molar-refractivity contribution in [3.05, 3.63) is 101 Å². The molecular formula is C30H25BrN2O7S. The summed E-state index contributed by atoms with van der Waals surface area (Å²) in [6.07, 6.45) is 1.72. The van der Waals surface area contributed by atoms with Crippen LogP contribution in [0.5, 0.6) is 11.5 Å². The lowest BCUT2D eigenvalue weighted by atomic mass is 9.90. The van der Waals surface area contributed by atoms with E-state index in [0.29, 0.717) is 42.1 Å². The van der Waals surface area contributed by atoms with Crippen LogP contribution in [0.1, 0.15) is 31.0 Å². The maximum Gasteiger partial charge on any atom is 0.341 e. The predicted molar refractivity (Wildman–Crippen MR) is 158 cm³/mol. The number of aliphatic carboxylic acids is 1. The number of halogens is 1. The first kappa shape index (κ1) is 28.3. The molecule has 9 nitrogen and oxygen atoms in total. The molecule has 0 aliphatic carbocycles. The SMILES string of the molecule is CCOC(=O)C1=C(C)N=c2s/c(=C/c3ccc(OCC(=O)O)c(Br)c3)c(=O)n2[C@H]1c1c(OC)ccc2ccccc12. The Bertz CT molecular complexity index is 1910. The molecular weight excluding hydrogens is 612 g/mol. The van der Waals surface area contributed by atoms with Gasteiger partial charge >= 0.3 is 11.9 Å². The van der Waals surface area contributed by atoms with Crippen LogP contribution in [0.4, 0.5) is 0 Å². The van der Waals surface area contributed by atoms with Crippen molar-refractivity contribution in [1.82, 2.24) is 4.57 Å². The molecule has 0 unspecified atom stereocenters. The van der Waals surface area contributed by atoms with Gasteiger partial charge in [0, 0.05) is 5.56 Å². The minimum Gasteiger partial charge on any atom is -0.496 e. The van der Waals surface area contributed by atoms with Crippen LogP contribution in [0.25, 0.3) is 16.8 Å². The molecule has 1 aromatic heterocycles. The van der Waals surface area contributed by atoms with Gasteiger partial charge in [-0.1, -0.05) is 47.7 Å². The third-order valence-electron chi connectivity index (χ3n) is 6.55. The Morgan fingerprint density at radius 1 is 1.15 bits per heavy atom. The minimum absolute atomic E-state index is 0.167. The number of methoxy groups -OCH3 is 1. The van der Waals surface area contributed by atoms with Gasteiger partial charge in [0.2, 0.25) is 0 Å². The third kappa shape index (κ3) is 5.42. The molecule has 4 aromatic rings. The first-order chi connectivity index (χ1) is 19.7. The number of thiazole rings is 1. The monoisotopic (exact) mass is 636 g/mol. The average Bonchev–Trinajstić information content (AvgIpc) is 3.25. The second-order valence-electron chi connectivity index (χ2n) is 9.08. The number of esters is 1. The van der Waals surface area contributed by atoms with Crippen LogP contribution in [0.3, 0.4) is 0 Å². The maximum absolute atomic E-state index is 14.1. The van der Waals surface area contributed by atoms with E-state index in [9.17, 15) is 14.4 Å². The lowest BCUT2D eigenvalue weighted by Gasteiger charge is -2.27. The number of allylic oxidation sites excluding steroid dienone is 1. The summed E-state index contributed by atoms with van der Waals surface area (Å²) in [5.41, 5.74) is 1.75. The first-order valence-corrected chi connectivity index (χ1v) is 14.2. The average molecular weight is 638 g/mol. The van der Waals surface area contributed by atoms with E-state index in [1.165, 1.54) is 15.9 Å². The zero-order valence-electron chi connectivity index (χ0n) is 22.3. The second-order valence-corrected chi connectivity index (χ2v) is 10.9. The smallest absolute Gasteiger partial charge is 0.341 e. The van der Waals surface area contributed by atoms with E-state index in [1.54, 1.807) is 45.2 Å². The van der Waals surface area contributed by atoms with Crippen molar-refractivity contribution in [2.75, 3.05) is 20.3 Å². The number of aromatic nitrogens is 1. The highest BCUT2D eigenvalue weighted by atomic mass is 79.9. The fraction of sp³-hybridized carbons (Fsp3) is 0.200. The van der Waals surface area contributed by atoms with Crippen LogP contribution in [-0.2, 0) is 14.3 Å². The van der Waals surface area contributed by atoms with Crippen molar-refractivity contribution in [3.8, 4) is 11.5 Å². The zero-order valence-corrected chi connectivity index (χ0v) is 24.7. The van der Waals surface area contributed by atoms with Crippen molar-refractivity contribution < 1.29 is 28.9 Å². The van der Waals surface area contributed by atoms with Crippen LogP contribution in [0, 0.1) is 0 Å². The Labute approximate surface area is 246 Å². The maximum atomic E-state index is 14.1. The molecule has 1 atom stereocenters. The Morgan fingerprint density at radius 2 is 1.90 bits per heavy atom. The molecule has 0 radical (unpaired) electrons. The van der Waals surface area contributed by atoms with Crippen molar-refractivity contribution in [2.45, 2.75) is 19.9 Å². The van der Waals surface area contributed by atoms with E-state index >= 15 is 0 Å². The molecule has 1 N–H and O–H groups in total. The van der Waals surface area contributed by atoms with E-state index < -0.39 is 24.6 Å². The van der Waals surface area contributed by atoms with Crippen molar-refractivity contribution in [2.24, 2.45) is 4.99 Å². The largest absolute Gasteiger partial charge is 0.496 e. The van der Waals surface area contributed by atoms with Crippen molar-refractivity contribution >= 4 is 56.1 Å². The number of carboxylic acid groups (broad SMARTS) is 1. The second kappa shape index (κ2) is 11.7. The van der Waals surface area contributed by atoms with Crippen LogP contribution < -0.4 is 24.4 Å². The number of fused-ring (bicyclic) bond motifs is 2. The van der Waals surface area contributed by atoms with Crippen LogP contribution >= 0.6 is 27.3 Å². The molecule has 1 aliphatic heterocycles. The molecule has 0 amide bonds. The van der Waals surface area contributed by atoms with Gasteiger partial charge in [-0.05, 0) is 70.4 Å². The lowest BCUT2D eigenvalue weighted by Crippen LogP contribution is -2.40. The van der Waals surface area contributed by atoms with Gasteiger partial charge in [-0.15, -0.1) is 0 Å². The van der Waals surface area contributed by atoms with E-state index in [1.807, 2.05) is 36.4 Å². The number of ether oxygens (including phenoxy) is 3. The molecule has 41 heavy (non-hydrogen) atoms. The molecule has 5 rings (SSSR count). The Hall–Kier alpha value is -4.22. The summed E-state index contributed by atoms with van der Waals surface area (Å²) < 4.78 is 18.9. The van der Waals surface area contributed by atoms with Crippen LogP contribution in [0.2, 0.25) is 0 Å². The van der Waals surface area contributed by atoms with E-state index in [2.05, 4.69) is 20.9 Å². The van der Waals surface area contributed by atoms with E-state index in [-0.39, 0.29) is 17.7 Å². The van der Waals surface area contributed by atoms with Crippen LogP contribution in [0.15, 0.2) is 80.1 Å². The molecule has 210 valence electrons. The fourth-order valence-corrected chi connectivity index (χ4v) is 6.37. The van der Waals surface area contributed by atoms with E-state index in [4.69, 9.17) is 19.3 Å². The number of hydrogen-bond donors (Lipinski definition) is 1. The molecule has 1 aliphatic rings. The predicted octanol–water partition coefficient (Wildman–Crippen LogP) is 4.19. The Morgan fingerprint density at radius 3 is 2.61 bits per heavy atom. The number of carbonyl (C=O) groups is 2. The highest BCUT2D eigenvalue weighted by molar-refractivity contribution is 9.10. The quantitative estimate of drug-likeness (QED) is 0.288. The van der Waals surface area contributed by atoms with Gasteiger partial charge in [-0.3, -0.25) is 9.36 Å². The van der Waals surface area contributed by atoms with Gasteiger partial charge in [0.05, 0.1) is 34.0 Å². The zero-order chi connectivity index (χ0) is 29.3. The molecule has 3 aromatic carbocycles. The number of benzene rings is 3. The lowest BCUT2D eigenvalue weighted by molar-refractivity contribution is -0.140. The summed E-state index contributed by atoms with van der Waals surface area (Å²) in [5.74, 6) is -0.745. The summed E-state index contributed by atoms with van der Waals surface area (Å²) in [7, 11) is 1.56. The molecule has 0 spiro atoms. The minimum atomic E-state index is -1.09. The van der Waals surface area contributed by atoms with Gasteiger partial charge in [0.1, 0.15) is 17.5 Å². The summed E-state index contributed by atoms with van der Waals surface area (Å²) in [5, 5.41) is 10.7. The standard InChI is InChI=1S/C30H25BrN2O7S/c1-4-39-29(37)25-16(2)32-30-33(27(25)26-19-8-6-5-7-18(19)10-12-22(26)38-3)28(36)23(41-30)14-17-9-11-21(20(31)13-17)40-15-24(34)35/h5-14,27H,4,15H2,1-3H3,(H,34,35)/b23-14+/t27-/m1/s1. The first-order valence-electron chi connectivity index (χ1n) is 12.6. The van der Waals surface area contributed by atoms with Gasteiger partial charge < -0.3 is 19.3 Å². The van der Waals surface area contributed by atoms with Crippen LogP contribution in [-0.4, -0.2) is 41.9 Å². The topological polar surface area (TPSA) is 116 Å². The summed E-state index contributed by atoms with van der Waals surface area (Å²) in [6.45, 7) is 3.16. The van der Waals surface area contributed by atoms with Gasteiger partial charge in [-0.25, -0.2) is 14.6 Å². The summed E-state index contributed by atoms with van der Waals surface area (Å²) >= 11 is 4.61. The summed E-state index contributed by atoms with van der Waals surface area (Å²) in [6, 6.07) is 15.7. The number of carboxylic acids is 1. The molecule has 0 bridgehead atoms. The molecule has 11 heteroatoms. The third-order valence-corrected chi connectivity index (χ3v) is 8.15. The van der Waals surface area contributed by atoms with Crippen molar-refractivity contribution in [3.63, 3.8) is 0 Å².